The Morgan fingerprint density at radius 1 is 1.25 bits per heavy atom. The lowest BCUT2D eigenvalue weighted by Gasteiger charge is -2.49. The number of nitrogen functional groups attached to an aromatic ring is 1. The number of anilines is 1. The first-order valence-corrected chi connectivity index (χ1v) is 14.6. The van der Waals surface area contributed by atoms with Crippen LogP contribution in [-0.4, -0.2) is 88.1 Å². The van der Waals surface area contributed by atoms with Crippen molar-refractivity contribution >= 4 is 69.5 Å². The molecule has 40 heavy (non-hydrogen) atoms. The predicted octanol–water partition coefficient (Wildman–Crippen LogP) is 1.25. The molecule has 1 fully saturated rings. The van der Waals surface area contributed by atoms with Gasteiger partial charge >= 0.3 is 11.9 Å². The van der Waals surface area contributed by atoms with Crippen LogP contribution in [0.5, 0.6) is 0 Å². The molecule has 1 saturated heterocycles. The van der Waals surface area contributed by atoms with Crippen LogP contribution in [0.2, 0.25) is 0 Å². The molecule has 0 spiro atoms. The average molecular weight is 608 g/mol. The van der Waals surface area contributed by atoms with Crippen LogP contribution in [0.15, 0.2) is 33.0 Å². The molecule has 0 unspecified atom stereocenters. The molecule has 0 aliphatic carbocycles. The number of oxime groups is 1. The fourth-order valence-electron chi connectivity index (χ4n) is 3.71. The minimum Gasteiger partial charge on any atom is -0.478 e. The van der Waals surface area contributed by atoms with E-state index in [2.05, 4.69) is 25.4 Å². The van der Waals surface area contributed by atoms with E-state index < -0.39 is 40.8 Å². The molecule has 0 bridgehead atoms. The summed E-state index contributed by atoms with van der Waals surface area (Å²) in [6.45, 7) is 6.18. The molecule has 212 valence electrons. The van der Waals surface area contributed by atoms with Crippen LogP contribution < -0.4 is 11.1 Å². The number of fused-ring (bicyclic) bond motifs is 1. The summed E-state index contributed by atoms with van der Waals surface area (Å²) in [5, 5.41) is 26.9. The summed E-state index contributed by atoms with van der Waals surface area (Å²) in [5.74, 6) is -3.48. The number of thioether (sulfide) groups is 2. The number of aryl methyl sites for hydroxylation is 2. The molecule has 2 atom stereocenters. The Kier molecular flexibility index (Phi) is 8.36. The second kappa shape index (κ2) is 11.4. The number of hydrogen-bond donors (Lipinski definition) is 4. The Balaban J connectivity index is 1.52. The van der Waals surface area contributed by atoms with Gasteiger partial charge in [0, 0.05) is 28.3 Å². The molecule has 2 aromatic heterocycles. The monoisotopic (exact) mass is 607 g/mol. The highest BCUT2D eigenvalue weighted by Gasteiger charge is 2.54. The maximum atomic E-state index is 13.2. The number of nitrogens with one attached hydrogen (secondary N) is 1. The smallest absolute Gasteiger partial charge is 0.352 e. The minimum atomic E-state index is -1.76. The van der Waals surface area contributed by atoms with E-state index in [1.165, 1.54) is 42.8 Å². The van der Waals surface area contributed by atoms with Crippen molar-refractivity contribution in [1.29, 1.82) is 0 Å². The average Bonchev–Trinajstić information content (AvgIpc) is 3.30. The fraction of sp³-hybridized carbons (Fsp3) is 0.391. The maximum absolute atomic E-state index is 13.2. The number of β-lactam (4-membered cyclic amide) rings is 1. The Labute approximate surface area is 240 Å². The summed E-state index contributed by atoms with van der Waals surface area (Å²) < 4.78 is 0. The predicted molar refractivity (Wildman–Crippen MR) is 148 cm³/mol. The fourth-order valence-corrected chi connectivity index (χ4v) is 6.70. The Morgan fingerprint density at radius 3 is 2.50 bits per heavy atom. The molecule has 4 heterocycles. The van der Waals surface area contributed by atoms with Gasteiger partial charge in [-0.25, -0.2) is 24.5 Å². The van der Waals surface area contributed by atoms with Crippen molar-refractivity contribution in [3.05, 3.63) is 39.8 Å². The van der Waals surface area contributed by atoms with Gasteiger partial charge in [0.05, 0.1) is 0 Å². The molecule has 14 nitrogen and oxygen atoms in total. The quantitative estimate of drug-likeness (QED) is 0.0986. The van der Waals surface area contributed by atoms with Gasteiger partial charge in [-0.3, -0.25) is 14.5 Å². The molecule has 2 aromatic rings. The number of carbonyl (C=O) groups is 4. The molecular weight excluding hydrogens is 582 g/mol. The molecule has 2 aliphatic rings. The first-order valence-electron chi connectivity index (χ1n) is 11.7. The molecule has 0 aromatic carbocycles. The first kappa shape index (κ1) is 29.3. The SMILES string of the molecule is Cc1cc(C)nc(SCC2=C(C(=O)O)N3C(=O)[C@@H](NC(=O)/C(=N\OC(C)(C)C(=O)O)c4csc(N)n4)[C@H]3SC2)n1. The Bertz CT molecular complexity index is 1440. The molecular formula is C23H25N7O7S3. The number of thiazole rings is 1. The molecule has 5 N–H and O–H groups in total. The number of nitrogens with two attached hydrogens (primary N) is 1. The third-order valence-corrected chi connectivity index (χ3v) is 8.68. The van der Waals surface area contributed by atoms with Gasteiger partial charge in [-0.1, -0.05) is 16.9 Å². The van der Waals surface area contributed by atoms with Gasteiger partial charge in [0.15, 0.2) is 16.0 Å². The lowest BCUT2D eigenvalue weighted by Crippen LogP contribution is -2.71. The molecule has 17 heteroatoms. The standard InChI is InChI=1S/C23H25N7O7S3/c1-9-5-10(2)26-22(25-9)40-7-11-6-38-18-14(17(32)30(18)15(11)19(33)34)28-16(31)13(12-8-39-21(24)27-12)29-37-23(3,4)20(35)36/h5,8,14,18H,6-7H2,1-4H3,(H2,24,27)(H,28,31)(H,33,34)(H,35,36)/b29-13-/t14-,18-/m1/s1. The van der Waals surface area contributed by atoms with Crippen molar-refractivity contribution in [3.8, 4) is 0 Å². The van der Waals surface area contributed by atoms with E-state index in [1.807, 2.05) is 19.9 Å². The molecule has 2 amide bonds. The summed E-state index contributed by atoms with van der Waals surface area (Å²) >= 11 is 3.61. The normalized spacial score (nSPS) is 19.1. The number of aliphatic carboxylic acids is 2. The van der Waals surface area contributed by atoms with Crippen molar-refractivity contribution < 1.29 is 34.2 Å². The number of carbonyl (C=O) groups excluding carboxylic acids is 2. The Hall–Kier alpha value is -3.70. The van der Waals surface area contributed by atoms with Crippen LogP contribution in [0.4, 0.5) is 5.13 Å². The highest BCUT2D eigenvalue weighted by atomic mass is 32.2. The lowest BCUT2D eigenvalue weighted by atomic mass is 10.0. The molecule has 4 rings (SSSR count). The summed E-state index contributed by atoms with van der Waals surface area (Å²) in [5.41, 5.74) is 5.54. The molecule has 2 aliphatic heterocycles. The van der Waals surface area contributed by atoms with Gasteiger partial charge in [-0.2, -0.15) is 0 Å². The van der Waals surface area contributed by atoms with E-state index in [9.17, 15) is 29.4 Å². The number of rotatable bonds is 10. The largest absolute Gasteiger partial charge is 0.478 e. The zero-order chi connectivity index (χ0) is 29.4. The third kappa shape index (κ3) is 6.05. The zero-order valence-electron chi connectivity index (χ0n) is 21.7. The number of carboxylic acids is 2. The van der Waals surface area contributed by atoms with Gasteiger partial charge in [0.2, 0.25) is 5.60 Å². The number of aromatic nitrogens is 3. The van der Waals surface area contributed by atoms with E-state index in [4.69, 9.17) is 10.6 Å². The second-order valence-corrected chi connectivity index (χ2v) is 12.2. The van der Waals surface area contributed by atoms with Crippen LogP contribution >= 0.6 is 34.9 Å². The number of amides is 2. The van der Waals surface area contributed by atoms with E-state index in [-0.39, 0.29) is 28.0 Å². The van der Waals surface area contributed by atoms with E-state index in [0.717, 1.165) is 27.6 Å². The number of hydrogen-bond acceptors (Lipinski definition) is 13. The lowest BCUT2D eigenvalue weighted by molar-refractivity contribution is -0.161. The second-order valence-electron chi connectivity index (χ2n) is 9.26. The van der Waals surface area contributed by atoms with Gasteiger partial charge < -0.3 is 26.1 Å². The van der Waals surface area contributed by atoms with E-state index >= 15 is 0 Å². The van der Waals surface area contributed by atoms with Crippen LogP contribution in [0.25, 0.3) is 0 Å². The van der Waals surface area contributed by atoms with Gasteiger partial charge in [0.25, 0.3) is 11.8 Å². The van der Waals surface area contributed by atoms with Crippen LogP contribution in [-0.2, 0) is 24.0 Å². The van der Waals surface area contributed by atoms with Gasteiger partial charge in [0.1, 0.15) is 22.8 Å². The summed E-state index contributed by atoms with van der Waals surface area (Å²) in [4.78, 5) is 68.9. The summed E-state index contributed by atoms with van der Waals surface area (Å²) in [6.07, 6.45) is 0. The van der Waals surface area contributed by atoms with Crippen LogP contribution in [0.3, 0.4) is 0 Å². The summed E-state index contributed by atoms with van der Waals surface area (Å²) in [7, 11) is 0. The summed E-state index contributed by atoms with van der Waals surface area (Å²) in [6, 6.07) is 0.774. The highest BCUT2D eigenvalue weighted by Crippen LogP contribution is 2.41. The van der Waals surface area contributed by atoms with Crippen molar-refractivity contribution in [2.75, 3.05) is 17.2 Å². The van der Waals surface area contributed by atoms with Crippen molar-refractivity contribution in [2.24, 2.45) is 5.16 Å². The molecule has 0 radical (unpaired) electrons. The Morgan fingerprint density at radius 2 is 1.93 bits per heavy atom. The van der Waals surface area contributed by atoms with Crippen molar-refractivity contribution in [3.63, 3.8) is 0 Å². The van der Waals surface area contributed by atoms with E-state index in [1.54, 1.807) is 0 Å². The third-order valence-electron chi connectivity index (χ3n) is 5.73. The topological polar surface area (TPSA) is 210 Å². The van der Waals surface area contributed by atoms with Crippen LogP contribution in [0.1, 0.15) is 30.9 Å². The van der Waals surface area contributed by atoms with Gasteiger partial charge in [-0.05, 0) is 39.3 Å². The first-order chi connectivity index (χ1) is 18.8. The highest BCUT2D eigenvalue weighted by molar-refractivity contribution is 8.01. The van der Waals surface area contributed by atoms with Crippen molar-refractivity contribution in [1.82, 2.24) is 25.2 Å². The minimum absolute atomic E-state index is 0.0279. The maximum Gasteiger partial charge on any atom is 0.352 e. The number of carboxylic acid groups (broad SMARTS) is 2. The van der Waals surface area contributed by atoms with Crippen molar-refractivity contribution in [2.45, 2.75) is 49.9 Å². The zero-order valence-corrected chi connectivity index (χ0v) is 24.1. The van der Waals surface area contributed by atoms with E-state index in [0.29, 0.717) is 16.5 Å². The van der Waals surface area contributed by atoms with Gasteiger partial charge in [-0.15, -0.1) is 23.1 Å². The molecule has 0 saturated carbocycles. The van der Waals surface area contributed by atoms with Crippen LogP contribution in [0, 0.1) is 13.8 Å². The number of nitrogens with zero attached hydrogens (tertiary/aromatic N) is 5.